The Bertz CT molecular complexity index is 695. The Morgan fingerprint density at radius 3 is 2.35 bits per heavy atom. The molecular weight excluding hydrogens is 328 g/mol. The minimum Gasteiger partial charge on any atom is -0.457 e. The van der Waals surface area contributed by atoms with Gasteiger partial charge in [0.25, 0.3) is 0 Å². The van der Waals surface area contributed by atoms with Gasteiger partial charge in [0.15, 0.2) is 0 Å². The number of amides is 1. The molecule has 0 atom stereocenters. The van der Waals surface area contributed by atoms with Crippen molar-refractivity contribution in [3.8, 4) is 11.5 Å². The molecule has 0 aliphatic carbocycles. The highest BCUT2D eigenvalue weighted by molar-refractivity contribution is 5.78. The van der Waals surface area contributed by atoms with Crippen LogP contribution in [0.4, 0.5) is 0 Å². The second kappa shape index (κ2) is 8.83. The number of ether oxygens (including phenoxy) is 1. The number of aliphatic hydroxyl groups is 1. The third kappa shape index (κ3) is 5.31. The first kappa shape index (κ1) is 18.4. The van der Waals surface area contributed by atoms with Crippen LogP contribution in [0.25, 0.3) is 0 Å². The number of aliphatic hydroxyl groups excluding tert-OH is 1. The Morgan fingerprint density at radius 1 is 1.08 bits per heavy atom. The largest absolute Gasteiger partial charge is 0.457 e. The van der Waals surface area contributed by atoms with E-state index in [0.29, 0.717) is 13.1 Å². The fraction of sp³-hybridized carbons (Fsp3) is 0.381. The summed E-state index contributed by atoms with van der Waals surface area (Å²) in [7, 11) is 1.83. The van der Waals surface area contributed by atoms with E-state index in [1.165, 1.54) is 0 Å². The molecule has 1 aliphatic rings. The number of rotatable bonds is 6. The minimum atomic E-state index is -0.212. The number of carbonyl (C=O) groups is 1. The first-order valence-electron chi connectivity index (χ1n) is 9.06. The molecular formula is C21H26N2O3. The Labute approximate surface area is 154 Å². The number of hydrogen-bond donors (Lipinski definition) is 1. The number of benzene rings is 2. The van der Waals surface area contributed by atoms with Gasteiger partial charge in [-0.05, 0) is 42.7 Å². The summed E-state index contributed by atoms with van der Waals surface area (Å²) in [4.78, 5) is 16.3. The van der Waals surface area contributed by atoms with Crippen molar-refractivity contribution in [2.45, 2.75) is 25.5 Å². The summed E-state index contributed by atoms with van der Waals surface area (Å²) in [6.07, 6.45) is 1.29. The van der Waals surface area contributed by atoms with E-state index in [1.54, 1.807) is 4.90 Å². The van der Waals surface area contributed by atoms with Crippen molar-refractivity contribution in [1.82, 2.24) is 9.80 Å². The quantitative estimate of drug-likeness (QED) is 0.867. The zero-order valence-corrected chi connectivity index (χ0v) is 15.2. The first-order valence-corrected chi connectivity index (χ1v) is 9.06. The van der Waals surface area contributed by atoms with Gasteiger partial charge in [-0.1, -0.05) is 30.3 Å². The summed E-state index contributed by atoms with van der Waals surface area (Å²) in [5.41, 5.74) is 1.07. The van der Waals surface area contributed by atoms with Gasteiger partial charge in [-0.25, -0.2) is 0 Å². The lowest BCUT2D eigenvalue weighted by Crippen LogP contribution is -2.43. The third-order valence-electron chi connectivity index (χ3n) is 4.66. The van der Waals surface area contributed by atoms with Crippen LogP contribution in [0.3, 0.4) is 0 Å². The molecule has 2 aromatic rings. The molecule has 0 bridgehead atoms. The van der Waals surface area contributed by atoms with Crippen LogP contribution in [0.1, 0.15) is 18.4 Å². The van der Waals surface area contributed by atoms with E-state index < -0.39 is 0 Å². The number of likely N-dealkylation sites (tertiary alicyclic amines) is 1. The van der Waals surface area contributed by atoms with E-state index in [-0.39, 0.29) is 12.0 Å². The third-order valence-corrected chi connectivity index (χ3v) is 4.66. The van der Waals surface area contributed by atoms with Crippen molar-refractivity contribution in [2.75, 3.05) is 26.7 Å². The smallest absolute Gasteiger partial charge is 0.236 e. The second-order valence-electron chi connectivity index (χ2n) is 6.82. The van der Waals surface area contributed by atoms with Crippen LogP contribution in [-0.2, 0) is 11.3 Å². The molecule has 2 aromatic carbocycles. The fourth-order valence-electron chi connectivity index (χ4n) is 3.04. The number of likely N-dealkylation sites (N-methyl/N-ethyl adjacent to an activating group) is 1. The lowest BCUT2D eigenvalue weighted by molar-refractivity contribution is -0.132. The highest BCUT2D eigenvalue weighted by atomic mass is 16.5. The molecule has 0 unspecified atom stereocenters. The summed E-state index contributed by atoms with van der Waals surface area (Å²) in [5.74, 6) is 1.69. The SMILES string of the molecule is CN(Cc1ccc(Oc2ccccc2)cc1)C(=O)CN1CCC(O)CC1. The highest BCUT2D eigenvalue weighted by Crippen LogP contribution is 2.21. The molecule has 5 heteroatoms. The molecule has 26 heavy (non-hydrogen) atoms. The molecule has 1 fully saturated rings. The first-order chi connectivity index (χ1) is 12.6. The molecule has 138 valence electrons. The standard InChI is InChI=1S/C21H26N2O3/c1-22(21(25)16-23-13-11-18(24)12-14-23)15-17-7-9-20(10-8-17)26-19-5-3-2-4-6-19/h2-10,18,24H,11-16H2,1H3. The van der Waals surface area contributed by atoms with Crippen LogP contribution < -0.4 is 4.74 Å². The summed E-state index contributed by atoms with van der Waals surface area (Å²) in [6.45, 7) is 2.55. The van der Waals surface area contributed by atoms with Crippen LogP contribution in [0.15, 0.2) is 54.6 Å². The van der Waals surface area contributed by atoms with Crippen molar-refractivity contribution in [3.63, 3.8) is 0 Å². The van der Waals surface area contributed by atoms with Crippen molar-refractivity contribution < 1.29 is 14.6 Å². The van der Waals surface area contributed by atoms with E-state index in [1.807, 2.05) is 61.6 Å². The summed E-state index contributed by atoms with van der Waals surface area (Å²) < 4.78 is 5.79. The van der Waals surface area contributed by atoms with Crippen LogP contribution in [0.2, 0.25) is 0 Å². The molecule has 0 aromatic heterocycles. The lowest BCUT2D eigenvalue weighted by Gasteiger charge is -2.30. The molecule has 1 saturated heterocycles. The molecule has 0 spiro atoms. The van der Waals surface area contributed by atoms with Gasteiger partial charge in [-0.2, -0.15) is 0 Å². The zero-order chi connectivity index (χ0) is 18.4. The predicted molar refractivity (Wildman–Crippen MR) is 101 cm³/mol. The van der Waals surface area contributed by atoms with Gasteiger partial charge in [0.1, 0.15) is 11.5 Å². The lowest BCUT2D eigenvalue weighted by atomic mass is 10.1. The molecule has 1 heterocycles. The van der Waals surface area contributed by atoms with Crippen LogP contribution in [-0.4, -0.2) is 53.6 Å². The second-order valence-corrected chi connectivity index (χ2v) is 6.82. The van der Waals surface area contributed by atoms with Gasteiger partial charge in [0.05, 0.1) is 12.6 Å². The number of para-hydroxylation sites is 1. The van der Waals surface area contributed by atoms with Crippen molar-refractivity contribution in [2.24, 2.45) is 0 Å². The number of piperidine rings is 1. The van der Waals surface area contributed by atoms with Gasteiger partial charge in [-0.3, -0.25) is 9.69 Å². The Kier molecular flexibility index (Phi) is 6.26. The molecule has 0 saturated carbocycles. The minimum absolute atomic E-state index is 0.103. The molecule has 3 rings (SSSR count). The maximum absolute atomic E-state index is 12.4. The van der Waals surface area contributed by atoms with Crippen LogP contribution in [0.5, 0.6) is 11.5 Å². The maximum Gasteiger partial charge on any atom is 0.236 e. The molecule has 0 radical (unpaired) electrons. The Hall–Kier alpha value is -2.37. The summed E-state index contributed by atoms with van der Waals surface area (Å²) >= 11 is 0. The number of nitrogens with zero attached hydrogens (tertiary/aromatic N) is 2. The molecule has 5 nitrogen and oxygen atoms in total. The fourth-order valence-corrected chi connectivity index (χ4v) is 3.04. The van der Waals surface area contributed by atoms with Gasteiger partial charge in [0.2, 0.25) is 5.91 Å². The van der Waals surface area contributed by atoms with E-state index >= 15 is 0 Å². The van der Waals surface area contributed by atoms with E-state index in [0.717, 1.165) is 43.0 Å². The van der Waals surface area contributed by atoms with E-state index in [2.05, 4.69) is 4.90 Å². The summed E-state index contributed by atoms with van der Waals surface area (Å²) in [5, 5.41) is 9.55. The Balaban J connectivity index is 1.49. The van der Waals surface area contributed by atoms with Gasteiger partial charge in [0, 0.05) is 26.7 Å². The number of hydrogen-bond acceptors (Lipinski definition) is 4. The molecule has 1 N–H and O–H groups in total. The van der Waals surface area contributed by atoms with Gasteiger partial charge in [-0.15, -0.1) is 0 Å². The van der Waals surface area contributed by atoms with Crippen LogP contribution >= 0.6 is 0 Å². The van der Waals surface area contributed by atoms with Gasteiger partial charge >= 0.3 is 0 Å². The van der Waals surface area contributed by atoms with Crippen molar-refractivity contribution in [3.05, 3.63) is 60.2 Å². The highest BCUT2D eigenvalue weighted by Gasteiger charge is 2.20. The molecule has 1 aliphatic heterocycles. The van der Waals surface area contributed by atoms with Crippen molar-refractivity contribution >= 4 is 5.91 Å². The van der Waals surface area contributed by atoms with Crippen LogP contribution in [0, 0.1) is 0 Å². The topological polar surface area (TPSA) is 53.0 Å². The monoisotopic (exact) mass is 354 g/mol. The average molecular weight is 354 g/mol. The predicted octanol–water partition coefficient (Wildman–Crippen LogP) is 2.89. The average Bonchev–Trinajstić information content (AvgIpc) is 2.66. The van der Waals surface area contributed by atoms with Gasteiger partial charge < -0.3 is 14.7 Å². The van der Waals surface area contributed by atoms with E-state index in [9.17, 15) is 9.90 Å². The van der Waals surface area contributed by atoms with E-state index in [4.69, 9.17) is 4.74 Å². The Morgan fingerprint density at radius 2 is 1.69 bits per heavy atom. The zero-order valence-electron chi connectivity index (χ0n) is 15.2. The van der Waals surface area contributed by atoms with Crippen molar-refractivity contribution in [1.29, 1.82) is 0 Å². The number of carbonyl (C=O) groups excluding carboxylic acids is 1. The molecule has 1 amide bonds. The maximum atomic E-state index is 12.4. The normalized spacial score (nSPS) is 15.6. The summed E-state index contributed by atoms with van der Waals surface area (Å²) in [6, 6.07) is 17.5.